The predicted molar refractivity (Wildman–Crippen MR) is 101 cm³/mol. The van der Waals surface area contributed by atoms with Gasteiger partial charge in [-0.05, 0) is 24.4 Å². The molecule has 2 aromatic carbocycles. The standard InChI is InChI=1S/C18H12F6N4OS/c19-11-5-12(20)16(22)15(21)10(11)8-28-7-9(6-25-28)26-18(30)27-13-3-1-2-4-14(13)29-17(23)24/h1-7,17H,8H2,(H2,26,27,30). The van der Waals surface area contributed by atoms with Gasteiger partial charge in [0.05, 0.1) is 24.1 Å². The third kappa shape index (κ3) is 5.00. The summed E-state index contributed by atoms with van der Waals surface area (Å²) in [5.41, 5.74) is -0.251. The molecule has 0 bridgehead atoms. The van der Waals surface area contributed by atoms with E-state index >= 15 is 0 Å². The molecule has 0 fully saturated rings. The van der Waals surface area contributed by atoms with E-state index in [1.807, 2.05) is 0 Å². The molecule has 2 N–H and O–H groups in total. The predicted octanol–water partition coefficient (Wildman–Crippen LogP) is 4.90. The van der Waals surface area contributed by atoms with Gasteiger partial charge in [0.2, 0.25) is 0 Å². The summed E-state index contributed by atoms with van der Waals surface area (Å²) in [5.74, 6) is -6.46. The summed E-state index contributed by atoms with van der Waals surface area (Å²) in [6.45, 7) is -3.54. The van der Waals surface area contributed by atoms with Gasteiger partial charge >= 0.3 is 6.61 Å². The summed E-state index contributed by atoms with van der Waals surface area (Å²) in [6.07, 6.45) is 2.56. The van der Waals surface area contributed by atoms with E-state index in [0.29, 0.717) is 0 Å². The van der Waals surface area contributed by atoms with Crippen molar-refractivity contribution in [1.29, 1.82) is 0 Å². The van der Waals surface area contributed by atoms with Crippen LogP contribution in [-0.4, -0.2) is 21.5 Å². The smallest absolute Gasteiger partial charge is 0.387 e. The number of anilines is 2. The highest BCUT2D eigenvalue weighted by molar-refractivity contribution is 7.80. The van der Waals surface area contributed by atoms with Crippen LogP contribution in [0, 0.1) is 23.3 Å². The van der Waals surface area contributed by atoms with Crippen LogP contribution in [0.15, 0.2) is 42.7 Å². The van der Waals surface area contributed by atoms with Crippen LogP contribution in [0.5, 0.6) is 5.75 Å². The lowest BCUT2D eigenvalue weighted by molar-refractivity contribution is -0.0493. The van der Waals surface area contributed by atoms with E-state index in [-0.39, 0.29) is 28.3 Å². The monoisotopic (exact) mass is 446 g/mol. The topological polar surface area (TPSA) is 51.1 Å². The second kappa shape index (κ2) is 9.03. The number of benzene rings is 2. The van der Waals surface area contributed by atoms with Crippen LogP contribution in [0.3, 0.4) is 0 Å². The molecule has 0 saturated carbocycles. The van der Waals surface area contributed by atoms with Crippen molar-refractivity contribution in [3.63, 3.8) is 0 Å². The maximum absolute atomic E-state index is 13.8. The molecule has 1 heterocycles. The van der Waals surface area contributed by atoms with Gasteiger partial charge in [-0.3, -0.25) is 4.68 Å². The summed E-state index contributed by atoms with van der Waals surface area (Å²) < 4.78 is 84.3. The Kier molecular flexibility index (Phi) is 6.45. The van der Waals surface area contributed by atoms with E-state index in [9.17, 15) is 26.3 Å². The van der Waals surface area contributed by atoms with E-state index in [0.717, 1.165) is 4.68 Å². The van der Waals surface area contributed by atoms with Crippen molar-refractivity contribution >= 4 is 28.7 Å². The summed E-state index contributed by atoms with van der Waals surface area (Å²) in [7, 11) is 0. The number of ether oxygens (including phenoxy) is 1. The molecule has 30 heavy (non-hydrogen) atoms. The summed E-state index contributed by atoms with van der Waals surface area (Å²) in [4.78, 5) is 0. The van der Waals surface area contributed by atoms with Crippen molar-refractivity contribution in [2.24, 2.45) is 0 Å². The maximum atomic E-state index is 13.8. The highest BCUT2D eigenvalue weighted by Gasteiger charge is 2.19. The Morgan fingerprint density at radius 3 is 2.53 bits per heavy atom. The minimum Gasteiger partial charge on any atom is -0.433 e. The van der Waals surface area contributed by atoms with Crippen LogP contribution in [0.25, 0.3) is 0 Å². The average molecular weight is 446 g/mol. The molecule has 3 rings (SSSR count). The summed E-state index contributed by atoms with van der Waals surface area (Å²) in [5, 5.41) is 9.22. The van der Waals surface area contributed by atoms with E-state index in [2.05, 4.69) is 20.5 Å². The number of halogens is 6. The van der Waals surface area contributed by atoms with Crippen molar-refractivity contribution < 1.29 is 31.1 Å². The normalized spacial score (nSPS) is 10.9. The molecule has 0 unspecified atom stereocenters. The second-order valence-corrected chi connectivity index (χ2v) is 6.24. The first-order chi connectivity index (χ1) is 14.2. The van der Waals surface area contributed by atoms with Gasteiger partial charge in [0, 0.05) is 17.8 Å². The third-order valence-corrected chi connectivity index (χ3v) is 3.98. The molecular weight excluding hydrogens is 434 g/mol. The molecule has 0 radical (unpaired) electrons. The number of aromatic nitrogens is 2. The van der Waals surface area contributed by atoms with Crippen molar-refractivity contribution in [3.8, 4) is 5.75 Å². The Balaban J connectivity index is 1.68. The number of alkyl halides is 2. The first-order valence-corrected chi connectivity index (χ1v) is 8.61. The van der Waals surface area contributed by atoms with Gasteiger partial charge < -0.3 is 15.4 Å². The third-order valence-electron chi connectivity index (χ3n) is 3.77. The lowest BCUT2D eigenvalue weighted by Gasteiger charge is -2.13. The fourth-order valence-electron chi connectivity index (χ4n) is 2.48. The Morgan fingerprint density at radius 2 is 1.80 bits per heavy atom. The first kappa shape index (κ1) is 21.4. The van der Waals surface area contributed by atoms with Crippen LogP contribution in [0.4, 0.5) is 37.7 Å². The molecule has 0 aliphatic carbocycles. The number of nitrogens with one attached hydrogen (secondary N) is 2. The highest BCUT2D eigenvalue weighted by Crippen LogP contribution is 2.26. The van der Waals surface area contributed by atoms with Crippen LogP contribution in [0.2, 0.25) is 0 Å². The molecule has 0 saturated heterocycles. The van der Waals surface area contributed by atoms with Gasteiger partial charge in [-0.1, -0.05) is 12.1 Å². The molecule has 158 valence electrons. The van der Waals surface area contributed by atoms with E-state index < -0.39 is 42.0 Å². The van der Waals surface area contributed by atoms with Crippen molar-refractivity contribution in [2.75, 3.05) is 10.6 Å². The Hall–Kier alpha value is -3.28. The second-order valence-electron chi connectivity index (χ2n) is 5.83. The molecular formula is C18H12F6N4OS. The highest BCUT2D eigenvalue weighted by atomic mass is 32.1. The van der Waals surface area contributed by atoms with Crippen LogP contribution in [-0.2, 0) is 6.54 Å². The molecule has 0 atom stereocenters. The van der Waals surface area contributed by atoms with E-state index in [1.54, 1.807) is 6.07 Å². The number of para-hydroxylation sites is 2. The SMILES string of the molecule is Fc1cc(F)c(Cn2cc(NC(=S)Nc3ccccc3OC(F)F)cn2)c(F)c1F. The van der Waals surface area contributed by atoms with Crippen LogP contribution in [0.1, 0.15) is 5.56 Å². The maximum Gasteiger partial charge on any atom is 0.387 e. The van der Waals surface area contributed by atoms with Gasteiger partial charge in [0.1, 0.15) is 11.6 Å². The van der Waals surface area contributed by atoms with Gasteiger partial charge in [-0.15, -0.1) is 0 Å². The van der Waals surface area contributed by atoms with Crippen molar-refractivity contribution in [2.45, 2.75) is 13.2 Å². The Morgan fingerprint density at radius 1 is 1.07 bits per heavy atom. The molecule has 0 spiro atoms. The van der Waals surface area contributed by atoms with E-state index in [4.69, 9.17) is 12.2 Å². The number of hydrogen-bond donors (Lipinski definition) is 2. The number of nitrogens with zero attached hydrogens (tertiary/aromatic N) is 2. The average Bonchev–Trinajstić information content (AvgIpc) is 3.11. The minimum atomic E-state index is -3.02. The fraction of sp³-hybridized carbons (Fsp3) is 0.111. The van der Waals surface area contributed by atoms with Crippen LogP contribution < -0.4 is 15.4 Å². The summed E-state index contributed by atoms with van der Waals surface area (Å²) >= 11 is 5.09. The molecule has 1 aromatic heterocycles. The molecule has 3 aromatic rings. The number of hydrogen-bond acceptors (Lipinski definition) is 3. The molecule has 0 aliphatic heterocycles. The van der Waals surface area contributed by atoms with Gasteiger partial charge in [-0.2, -0.15) is 13.9 Å². The van der Waals surface area contributed by atoms with Gasteiger partial charge in [0.25, 0.3) is 0 Å². The lowest BCUT2D eigenvalue weighted by atomic mass is 10.2. The molecule has 0 aliphatic rings. The van der Waals surface area contributed by atoms with Crippen molar-refractivity contribution in [3.05, 3.63) is 71.6 Å². The summed E-state index contributed by atoms with van der Waals surface area (Å²) in [6, 6.07) is 6.10. The first-order valence-electron chi connectivity index (χ1n) is 8.20. The Bertz CT molecular complexity index is 1070. The zero-order valence-corrected chi connectivity index (χ0v) is 15.6. The fourth-order valence-corrected chi connectivity index (χ4v) is 2.71. The van der Waals surface area contributed by atoms with Gasteiger partial charge in [-0.25, -0.2) is 17.6 Å². The van der Waals surface area contributed by atoms with Crippen molar-refractivity contribution in [1.82, 2.24) is 9.78 Å². The zero-order valence-electron chi connectivity index (χ0n) is 14.8. The largest absolute Gasteiger partial charge is 0.433 e. The minimum absolute atomic E-state index is 0.00921. The van der Waals surface area contributed by atoms with Gasteiger partial charge in [0.15, 0.2) is 22.6 Å². The molecule has 0 amide bonds. The quantitative estimate of drug-likeness (QED) is 0.244. The number of rotatable bonds is 6. The number of thiocarbonyl (C=S) groups is 1. The zero-order chi connectivity index (χ0) is 21.8. The Labute approximate surface area is 171 Å². The lowest BCUT2D eigenvalue weighted by Crippen LogP contribution is -2.19. The molecule has 5 nitrogen and oxygen atoms in total. The van der Waals surface area contributed by atoms with E-state index in [1.165, 1.54) is 30.6 Å². The van der Waals surface area contributed by atoms with Crippen LogP contribution >= 0.6 is 12.2 Å². The molecule has 12 heteroatoms.